The first-order chi connectivity index (χ1) is 18.6. The summed E-state index contributed by atoms with van der Waals surface area (Å²) >= 11 is 0. The number of carbonyl (C=O) groups excluding carboxylic acids is 3. The van der Waals surface area contributed by atoms with Gasteiger partial charge in [0.15, 0.2) is 6.10 Å². The van der Waals surface area contributed by atoms with E-state index in [-0.39, 0.29) is 31.0 Å². The molecule has 1 aliphatic heterocycles. The Morgan fingerprint density at radius 1 is 1.20 bits per heavy atom. The largest absolute Gasteiger partial charge is 0.469 e. The van der Waals surface area contributed by atoms with Gasteiger partial charge >= 0.3 is 11.9 Å². The summed E-state index contributed by atoms with van der Waals surface area (Å²) in [5.74, 6) is -3.84. The van der Waals surface area contributed by atoms with Crippen LogP contribution in [0.15, 0.2) is 34.0 Å². The molecule has 3 fully saturated rings. The summed E-state index contributed by atoms with van der Waals surface area (Å²) in [5.41, 5.74) is -4.47. The highest BCUT2D eigenvalue weighted by Crippen LogP contribution is 2.63. The van der Waals surface area contributed by atoms with E-state index >= 15 is 0 Å². The van der Waals surface area contributed by atoms with Gasteiger partial charge in [0.25, 0.3) is 0 Å². The molecule has 1 unspecified atom stereocenters. The Balaban J connectivity index is 1.59. The fourth-order valence-corrected chi connectivity index (χ4v) is 7.62. The Morgan fingerprint density at radius 2 is 1.90 bits per heavy atom. The van der Waals surface area contributed by atoms with E-state index in [0.717, 1.165) is 0 Å². The first-order valence-corrected chi connectivity index (χ1v) is 13.7. The van der Waals surface area contributed by atoms with Gasteiger partial charge in [-0.1, -0.05) is 26.3 Å². The second kappa shape index (κ2) is 9.51. The van der Waals surface area contributed by atoms with E-state index in [0.29, 0.717) is 24.0 Å². The maximum atomic E-state index is 14.1. The number of furan rings is 1. The van der Waals surface area contributed by atoms with Crippen LogP contribution in [-0.2, 0) is 28.6 Å². The number of ketones is 1. The van der Waals surface area contributed by atoms with E-state index in [1.165, 1.54) is 19.3 Å². The third-order valence-electron chi connectivity index (χ3n) is 10.3. The number of rotatable bonds is 5. The second-order valence-electron chi connectivity index (χ2n) is 12.7. The van der Waals surface area contributed by atoms with Gasteiger partial charge in [-0.05, 0) is 44.4 Å². The number of hydrogen-bond donors (Lipinski definition) is 3. The van der Waals surface area contributed by atoms with Crippen molar-refractivity contribution >= 4 is 17.7 Å². The monoisotopic (exact) mass is 558 g/mol. The molecular weight excluding hydrogens is 520 g/mol. The molecule has 9 atom stereocenters. The van der Waals surface area contributed by atoms with Gasteiger partial charge in [-0.3, -0.25) is 9.59 Å². The van der Waals surface area contributed by atoms with Gasteiger partial charge in [-0.25, -0.2) is 4.79 Å². The number of Topliss-reactive ketones (excluding diaryl/α,β-unsaturated/α-hetero) is 1. The van der Waals surface area contributed by atoms with Crippen molar-refractivity contribution in [2.45, 2.75) is 102 Å². The lowest BCUT2D eigenvalue weighted by Crippen LogP contribution is -2.77. The maximum absolute atomic E-state index is 14.1. The summed E-state index contributed by atoms with van der Waals surface area (Å²) in [6.45, 7) is 14.2. The lowest BCUT2D eigenvalue weighted by molar-refractivity contribution is -0.329. The van der Waals surface area contributed by atoms with Crippen molar-refractivity contribution in [1.29, 1.82) is 0 Å². The Bertz CT molecular complexity index is 1230. The van der Waals surface area contributed by atoms with Crippen LogP contribution in [0, 0.1) is 23.7 Å². The van der Waals surface area contributed by atoms with Crippen molar-refractivity contribution in [2.75, 3.05) is 6.61 Å². The molecule has 1 aromatic rings. The van der Waals surface area contributed by atoms with E-state index in [1.54, 1.807) is 33.8 Å². The quantitative estimate of drug-likeness (QED) is 0.362. The molecular formula is C30H38O10. The summed E-state index contributed by atoms with van der Waals surface area (Å²) in [5, 5.41) is 35.1. The van der Waals surface area contributed by atoms with Crippen LogP contribution in [0.3, 0.4) is 0 Å². The minimum absolute atomic E-state index is 0.0505. The number of aliphatic hydroxyl groups excluding tert-OH is 1. The fourth-order valence-electron chi connectivity index (χ4n) is 7.62. The molecule has 218 valence electrons. The van der Waals surface area contributed by atoms with Gasteiger partial charge in [0.05, 0.1) is 24.9 Å². The summed E-state index contributed by atoms with van der Waals surface area (Å²) in [7, 11) is 0. The van der Waals surface area contributed by atoms with Crippen LogP contribution in [0.5, 0.6) is 0 Å². The molecule has 1 aromatic heterocycles. The zero-order valence-electron chi connectivity index (χ0n) is 23.5. The van der Waals surface area contributed by atoms with E-state index < -0.39 is 70.2 Å². The molecule has 2 heterocycles. The zero-order valence-corrected chi connectivity index (χ0v) is 23.5. The molecule has 3 N–H and O–H groups in total. The number of esters is 2. The smallest absolute Gasteiger partial charge is 0.336 e. The third-order valence-corrected chi connectivity index (χ3v) is 10.3. The molecule has 2 bridgehead atoms. The molecule has 40 heavy (non-hydrogen) atoms. The van der Waals surface area contributed by atoms with Gasteiger partial charge in [0, 0.05) is 36.5 Å². The molecule has 0 amide bonds. The number of aliphatic hydroxyl groups is 3. The Morgan fingerprint density at radius 3 is 2.48 bits per heavy atom. The van der Waals surface area contributed by atoms with Crippen molar-refractivity contribution in [3.05, 3.63) is 42.2 Å². The van der Waals surface area contributed by atoms with E-state index in [2.05, 4.69) is 0 Å². The summed E-state index contributed by atoms with van der Waals surface area (Å²) in [4.78, 5) is 39.7. The Hall–Kier alpha value is -2.53. The molecule has 5 rings (SSSR count). The predicted octanol–water partition coefficient (Wildman–Crippen LogP) is 2.28. The average molecular weight is 559 g/mol. The van der Waals surface area contributed by atoms with Gasteiger partial charge in [0.1, 0.15) is 35.0 Å². The normalized spacial score (nSPS) is 40.0. The van der Waals surface area contributed by atoms with Crippen LogP contribution in [0.2, 0.25) is 0 Å². The van der Waals surface area contributed by atoms with Gasteiger partial charge in [-0.15, -0.1) is 0 Å². The SMILES string of the molecule is [CH][C@@H](c1ccco1)[C@@H](O)C(=O)OC1C[C@@]2(O)[C@@H](OC(C)=O)[C@@H]3[C@]4(O)CO[C@@H]4CC[C@@]3(C)C(=O)CC(=C1C)C2(C)C. The molecule has 10 nitrogen and oxygen atoms in total. The van der Waals surface area contributed by atoms with Crippen LogP contribution in [0.25, 0.3) is 0 Å². The fraction of sp³-hybridized carbons (Fsp3) is 0.667. The van der Waals surface area contributed by atoms with Crippen LogP contribution < -0.4 is 0 Å². The van der Waals surface area contributed by atoms with E-state index in [9.17, 15) is 29.7 Å². The van der Waals surface area contributed by atoms with Gasteiger partial charge in [0.2, 0.25) is 0 Å². The highest BCUT2D eigenvalue weighted by molar-refractivity contribution is 5.88. The summed E-state index contributed by atoms with van der Waals surface area (Å²) in [6.07, 6.45) is -2.77. The minimum Gasteiger partial charge on any atom is -0.469 e. The molecule has 10 heteroatoms. The maximum Gasteiger partial charge on any atom is 0.336 e. The van der Waals surface area contributed by atoms with Crippen LogP contribution >= 0.6 is 0 Å². The van der Waals surface area contributed by atoms with Crippen molar-refractivity contribution in [3.8, 4) is 0 Å². The lowest BCUT2D eigenvalue weighted by atomic mass is 9.46. The Kier molecular flexibility index (Phi) is 6.89. The van der Waals surface area contributed by atoms with Crippen LogP contribution in [0.4, 0.5) is 0 Å². The topological polar surface area (TPSA) is 153 Å². The molecule has 2 radical (unpaired) electrons. The predicted molar refractivity (Wildman–Crippen MR) is 138 cm³/mol. The third kappa shape index (κ3) is 4.01. The van der Waals surface area contributed by atoms with Gasteiger partial charge in [-0.2, -0.15) is 0 Å². The minimum atomic E-state index is -1.87. The van der Waals surface area contributed by atoms with Gasteiger partial charge < -0.3 is 33.9 Å². The van der Waals surface area contributed by atoms with Crippen LogP contribution in [0.1, 0.15) is 72.0 Å². The van der Waals surface area contributed by atoms with Crippen molar-refractivity contribution < 1.29 is 48.3 Å². The number of fused-ring (bicyclic) bond motifs is 5. The first kappa shape index (κ1) is 29.0. The summed E-state index contributed by atoms with van der Waals surface area (Å²) < 4.78 is 22.5. The Labute approximate surface area is 233 Å². The average Bonchev–Trinajstić information content (AvgIpc) is 3.41. The second-order valence-corrected chi connectivity index (χ2v) is 12.7. The molecule has 0 spiro atoms. The molecule has 0 aromatic carbocycles. The van der Waals surface area contributed by atoms with Crippen molar-refractivity contribution in [2.24, 2.45) is 16.7 Å². The van der Waals surface area contributed by atoms with Crippen LogP contribution in [-0.4, -0.2) is 75.3 Å². The standard InChI is InChI=1S/C30H38O10/c1-15-18-12-21(32)28(6)10-9-22-29(35,14-38-22)24(28)25(39-17(3)31)30(36,27(18,4)5)13-20(15)40-26(34)23(33)16(2)19-8-7-11-37-19/h2,7-8,11,16,20,22-25,33,35-36H,9-10,12-14H2,1,3-6H3/t16-,20?,22+,23+,24-,25-,28-,29-,30+/m0/s1. The van der Waals surface area contributed by atoms with E-state index in [1.807, 2.05) is 0 Å². The lowest BCUT2D eigenvalue weighted by Gasteiger charge is -2.65. The molecule has 1 saturated heterocycles. The highest BCUT2D eigenvalue weighted by atomic mass is 16.6. The summed E-state index contributed by atoms with van der Waals surface area (Å²) in [6, 6.07) is 3.10. The molecule has 4 aliphatic rings. The number of hydrogen-bond acceptors (Lipinski definition) is 10. The van der Waals surface area contributed by atoms with E-state index in [4.69, 9.17) is 25.6 Å². The molecule has 2 saturated carbocycles. The zero-order chi connectivity index (χ0) is 29.4. The number of carbonyl (C=O) groups is 3. The first-order valence-electron chi connectivity index (χ1n) is 13.7. The van der Waals surface area contributed by atoms with Crippen molar-refractivity contribution in [1.82, 2.24) is 0 Å². The highest BCUT2D eigenvalue weighted by Gasteiger charge is 2.73. The number of ether oxygens (including phenoxy) is 3. The molecule has 3 aliphatic carbocycles. The van der Waals surface area contributed by atoms with Crippen molar-refractivity contribution in [3.63, 3.8) is 0 Å².